The molecule has 1 aliphatic rings. The number of carbonyl (C=O) groups is 1. The Morgan fingerprint density at radius 1 is 1.33 bits per heavy atom. The van der Waals surface area contributed by atoms with Crippen molar-refractivity contribution in [3.63, 3.8) is 0 Å². The van der Waals surface area contributed by atoms with Crippen LogP contribution < -0.4 is 0 Å². The fraction of sp³-hybridized carbons (Fsp3) is 0.500. The van der Waals surface area contributed by atoms with E-state index >= 15 is 0 Å². The zero-order valence-electron chi connectivity index (χ0n) is 10.8. The van der Waals surface area contributed by atoms with Crippen LogP contribution in [0.15, 0.2) is 24.3 Å². The quantitative estimate of drug-likeness (QED) is 0.753. The van der Waals surface area contributed by atoms with E-state index in [0.29, 0.717) is 18.4 Å². The molecular weight excluding hydrogens is 233 g/mol. The van der Waals surface area contributed by atoms with Gasteiger partial charge in [0.05, 0.1) is 12.5 Å². The minimum absolute atomic E-state index is 0.326. The van der Waals surface area contributed by atoms with Gasteiger partial charge in [-0.25, -0.2) is 4.39 Å². The molecule has 4 heteroatoms. The first-order valence-electron chi connectivity index (χ1n) is 6.12. The molecule has 0 atom stereocenters. The van der Waals surface area contributed by atoms with E-state index in [4.69, 9.17) is 4.74 Å². The Morgan fingerprint density at radius 3 is 2.50 bits per heavy atom. The lowest BCUT2D eigenvalue weighted by atomic mass is 9.72. The third-order valence-electron chi connectivity index (χ3n) is 3.81. The number of rotatable bonds is 2. The topological polar surface area (TPSA) is 29.5 Å². The van der Waals surface area contributed by atoms with Gasteiger partial charge in [-0.15, -0.1) is 0 Å². The summed E-state index contributed by atoms with van der Waals surface area (Å²) in [7, 11) is 3.37. The SMILES string of the molecule is COC(=O)C1(c2ccccc2F)CCN(C)CC1. The number of piperidine rings is 1. The summed E-state index contributed by atoms with van der Waals surface area (Å²) >= 11 is 0. The van der Waals surface area contributed by atoms with Crippen LogP contribution in [0.1, 0.15) is 18.4 Å². The second-order valence-corrected chi connectivity index (χ2v) is 4.86. The van der Waals surface area contributed by atoms with Gasteiger partial charge in [-0.05, 0) is 39.0 Å². The van der Waals surface area contributed by atoms with Crippen molar-refractivity contribution in [1.82, 2.24) is 4.90 Å². The van der Waals surface area contributed by atoms with Gasteiger partial charge in [-0.2, -0.15) is 0 Å². The summed E-state index contributed by atoms with van der Waals surface area (Å²) in [5.41, 5.74) is -0.364. The predicted molar refractivity (Wildman–Crippen MR) is 66.8 cm³/mol. The molecule has 98 valence electrons. The molecule has 1 heterocycles. The maximum absolute atomic E-state index is 14.0. The van der Waals surface area contributed by atoms with Crippen LogP contribution in [-0.2, 0) is 14.9 Å². The van der Waals surface area contributed by atoms with Gasteiger partial charge in [0, 0.05) is 5.56 Å². The molecule has 1 saturated heterocycles. The van der Waals surface area contributed by atoms with E-state index in [2.05, 4.69) is 4.90 Å². The summed E-state index contributed by atoms with van der Waals surface area (Å²) in [4.78, 5) is 14.3. The Bertz CT molecular complexity index is 439. The number of halogens is 1. The molecule has 0 N–H and O–H groups in total. The number of benzene rings is 1. The molecule has 1 fully saturated rings. The van der Waals surface area contributed by atoms with Gasteiger partial charge in [0.1, 0.15) is 5.82 Å². The van der Waals surface area contributed by atoms with Crippen molar-refractivity contribution in [2.75, 3.05) is 27.2 Å². The number of likely N-dealkylation sites (tertiary alicyclic amines) is 1. The summed E-state index contributed by atoms with van der Waals surface area (Å²) in [6, 6.07) is 6.50. The summed E-state index contributed by atoms with van der Waals surface area (Å²) in [5, 5.41) is 0. The van der Waals surface area contributed by atoms with Crippen LogP contribution in [-0.4, -0.2) is 38.1 Å². The van der Waals surface area contributed by atoms with Crippen molar-refractivity contribution < 1.29 is 13.9 Å². The lowest BCUT2D eigenvalue weighted by Crippen LogP contribution is -2.47. The van der Waals surface area contributed by atoms with Gasteiger partial charge in [0.25, 0.3) is 0 Å². The van der Waals surface area contributed by atoms with E-state index < -0.39 is 5.41 Å². The maximum Gasteiger partial charge on any atom is 0.316 e. The fourth-order valence-corrected chi connectivity index (χ4v) is 2.63. The standard InChI is InChI=1S/C14H18FNO2/c1-16-9-7-14(8-10-16,13(17)18-2)11-5-3-4-6-12(11)15/h3-6H,7-10H2,1-2H3. The second kappa shape index (κ2) is 5.06. The maximum atomic E-state index is 14.0. The van der Waals surface area contributed by atoms with Gasteiger partial charge in [-0.3, -0.25) is 4.79 Å². The Balaban J connectivity index is 2.43. The molecule has 0 saturated carbocycles. The number of nitrogens with zero attached hydrogens (tertiary/aromatic N) is 1. The molecule has 0 radical (unpaired) electrons. The van der Waals surface area contributed by atoms with E-state index in [1.165, 1.54) is 13.2 Å². The number of carbonyl (C=O) groups excluding carboxylic acids is 1. The van der Waals surface area contributed by atoms with Gasteiger partial charge < -0.3 is 9.64 Å². The van der Waals surface area contributed by atoms with Crippen molar-refractivity contribution in [3.05, 3.63) is 35.6 Å². The zero-order valence-corrected chi connectivity index (χ0v) is 10.8. The van der Waals surface area contributed by atoms with Gasteiger partial charge >= 0.3 is 5.97 Å². The van der Waals surface area contributed by atoms with Crippen LogP contribution in [0.25, 0.3) is 0 Å². The van der Waals surface area contributed by atoms with Crippen LogP contribution in [0.5, 0.6) is 0 Å². The lowest BCUT2D eigenvalue weighted by Gasteiger charge is -2.38. The molecule has 0 bridgehead atoms. The minimum Gasteiger partial charge on any atom is -0.468 e. The highest BCUT2D eigenvalue weighted by atomic mass is 19.1. The highest BCUT2D eigenvalue weighted by molar-refractivity contribution is 5.83. The predicted octanol–water partition coefficient (Wildman–Crippen LogP) is 1.96. The Hall–Kier alpha value is -1.42. The van der Waals surface area contributed by atoms with E-state index in [1.54, 1.807) is 18.2 Å². The Morgan fingerprint density at radius 2 is 1.94 bits per heavy atom. The molecule has 1 aromatic carbocycles. The average Bonchev–Trinajstić information content (AvgIpc) is 2.40. The van der Waals surface area contributed by atoms with E-state index in [1.807, 2.05) is 7.05 Å². The monoisotopic (exact) mass is 251 g/mol. The molecule has 2 rings (SSSR count). The molecule has 18 heavy (non-hydrogen) atoms. The largest absolute Gasteiger partial charge is 0.468 e. The van der Waals surface area contributed by atoms with Gasteiger partial charge in [0.15, 0.2) is 0 Å². The first kappa shape index (κ1) is 13.0. The van der Waals surface area contributed by atoms with E-state index in [0.717, 1.165) is 13.1 Å². The Kier molecular flexibility index (Phi) is 3.66. The number of esters is 1. The zero-order chi connectivity index (χ0) is 13.2. The summed E-state index contributed by atoms with van der Waals surface area (Å²) in [5.74, 6) is -0.659. The third-order valence-corrected chi connectivity index (χ3v) is 3.81. The molecule has 1 aromatic rings. The van der Waals surface area contributed by atoms with Crippen LogP contribution in [0.4, 0.5) is 4.39 Å². The smallest absolute Gasteiger partial charge is 0.316 e. The van der Waals surface area contributed by atoms with Crippen molar-refractivity contribution >= 4 is 5.97 Å². The highest BCUT2D eigenvalue weighted by Gasteiger charge is 2.44. The normalized spacial score (nSPS) is 19.5. The fourth-order valence-electron chi connectivity index (χ4n) is 2.63. The van der Waals surface area contributed by atoms with Gasteiger partial charge in [-0.1, -0.05) is 18.2 Å². The van der Waals surface area contributed by atoms with E-state index in [-0.39, 0.29) is 11.8 Å². The number of ether oxygens (including phenoxy) is 1. The van der Waals surface area contributed by atoms with Crippen LogP contribution in [0.2, 0.25) is 0 Å². The van der Waals surface area contributed by atoms with Crippen molar-refractivity contribution in [2.24, 2.45) is 0 Å². The van der Waals surface area contributed by atoms with Crippen molar-refractivity contribution in [1.29, 1.82) is 0 Å². The summed E-state index contributed by atoms with van der Waals surface area (Å²) in [6.45, 7) is 1.53. The number of methoxy groups -OCH3 is 1. The van der Waals surface area contributed by atoms with Crippen LogP contribution in [0, 0.1) is 5.82 Å². The molecule has 0 aromatic heterocycles. The van der Waals surface area contributed by atoms with Crippen molar-refractivity contribution in [3.8, 4) is 0 Å². The summed E-state index contributed by atoms with van der Waals surface area (Å²) in [6.07, 6.45) is 1.19. The molecule has 0 spiro atoms. The number of hydrogen-bond donors (Lipinski definition) is 0. The highest BCUT2D eigenvalue weighted by Crippen LogP contribution is 2.37. The minimum atomic E-state index is -0.827. The Labute approximate surface area is 107 Å². The molecule has 3 nitrogen and oxygen atoms in total. The molecule has 0 aliphatic carbocycles. The molecule has 0 amide bonds. The lowest BCUT2D eigenvalue weighted by molar-refractivity contribution is -0.149. The molecule has 1 aliphatic heterocycles. The average molecular weight is 251 g/mol. The first-order chi connectivity index (χ1) is 8.60. The van der Waals surface area contributed by atoms with Crippen LogP contribution >= 0.6 is 0 Å². The number of hydrogen-bond acceptors (Lipinski definition) is 3. The van der Waals surface area contributed by atoms with Crippen molar-refractivity contribution in [2.45, 2.75) is 18.3 Å². The third kappa shape index (κ3) is 2.12. The van der Waals surface area contributed by atoms with E-state index in [9.17, 15) is 9.18 Å². The molecular formula is C14H18FNO2. The first-order valence-corrected chi connectivity index (χ1v) is 6.12. The van der Waals surface area contributed by atoms with Gasteiger partial charge in [0.2, 0.25) is 0 Å². The second-order valence-electron chi connectivity index (χ2n) is 4.86. The summed E-state index contributed by atoms with van der Waals surface area (Å²) < 4.78 is 18.9. The van der Waals surface area contributed by atoms with Crippen LogP contribution in [0.3, 0.4) is 0 Å². The molecule has 0 unspecified atom stereocenters.